The maximum Gasteiger partial charge on any atom is 0.231 e. The van der Waals surface area contributed by atoms with Crippen molar-refractivity contribution in [3.8, 4) is 56.3 Å². The second kappa shape index (κ2) is 32.4. The molecule has 7 nitrogen and oxygen atoms in total. The predicted octanol–water partition coefficient (Wildman–Crippen LogP) is 20.5. The van der Waals surface area contributed by atoms with Crippen molar-refractivity contribution in [2.24, 2.45) is 47.1 Å². The van der Waals surface area contributed by atoms with Crippen LogP contribution in [0.25, 0.3) is 111 Å². The van der Waals surface area contributed by atoms with Crippen molar-refractivity contribution in [3.63, 3.8) is 0 Å². The minimum absolute atomic E-state index is 0.540. The van der Waals surface area contributed by atoms with E-state index in [0.717, 1.165) is 23.7 Å². The first-order chi connectivity index (χ1) is 48.8. The van der Waals surface area contributed by atoms with Crippen molar-refractivity contribution >= 4 is 54.6 Å². The monoisotopic (exact) mass is 1330 g/mol. The number of pyridine rings is 7. The van der Waals surface area contributed by atoms with Gasteiger partial charge in [-0.3, -0.25) is 4.98 Å². The Balaban J connectivity index is 0.000000127. The summed E-state index contributed by atoms with van der Waals surface area (Å²) in [7, 11) is 10.7. The first kappa shape index (κ1) is 71.4. The van der Waals surface area contributed by atoms with Crippen molar-refractivity contribution in [3.05, 3.63) is 318 Å². The summed E-state index contributed by atoms with van der Waals surface area (Å²) < 4.78 is 11.4. The highest BCUT2D eigenvalue weighted by atomic mass is 15.0. The van der Waals surface area contributed by atoms with Crippen LogP contribution in [0.4, 0.5) is 0 Å². The third-order valence-electron chi connectivity index (χ3n) is 19.7. The van der Waals surface area contributed by atoms with Gasteiger partial charge in [0.05, 0.1) is 5.39 Å². The van der Waals surface area contributed by atoms with Crippen molar-refractivity contribution in [2.45, 2.75) is 94.9 Å². The van der Waals surface area contributed by atoms with E-state index in [4.69, 9.17) is 0 Å². The molecule has 8 aromatic carbocycles. The number of aryl methyl sites for hydroxylation is 10. The molecule has 0 saturated heterocycles. The zero-order valence-corrected chi connectivity index (χ0v) is 62.3. The molecule has 506 valence electrons. The summed E-state index contributed by atoms with van der Waals surface area (Å²) in [6, 6.07) is 90.8. The molecule has 0 radical (unpaired) electrons. The van der Waals surface area contributed by atoms with E-state index < -0.39 is 0 Å². The van der Waals surface area contributed by atoms with Crippen LogP contribution in [0.3, 0.4) is 0 Å². The predicted molar refractivity (Wildman–Crippen MR) is 423 cm³/mol. The average Bonchev–Trinajstić information content (AvgIpc) is 0.803. The maximum absolute atomic E-state index is 4.63. The number of hydrogen-bond donors (Lipinski definition) is 0. The Kier molecular flexibility index (Phi) is 22.9. The molecule has 0 saturated carbocycles. The summed E-state index contributed by atoms with van der Waals surface area (Å²) in [5, 5.41) is 5.16. The van der Waals surface area contributed by atoms with Crippen LogP contribution in [0.2, 0.25) is 0 Å². The van der Waals surface area contributed by atoms with Gasteiger partial charge in [0.2, 0.25) is 56.1 Å². The van der Waals surface area contributed by atoms with Gasteiger partial charge in [-0.25, -0.2) is 4.98 Å². The Morgan fingerprint density at radius 3 is 1.16 bits per heavy atom. The molecular formula is C94H100N7+5. The van der Waals surface area contributed by atoms with Gasteiger partial charge in [-0.05, 0) is 176 Å². The Labute approximate surface area is 600 Å². The van der Waals surface area contributed by atoms with Crippen LogP contribution >= 0.6 is 0 Å². The van der Waals surface area contributed by atoms with E-state index in [1.54, 1.807) is 0 Å². The van der Waals surface area contributed by atoms with Crippen LogP contribution < -0.4 is 22.8 Å². The molecule has 0 aliphatic rings. The summed E-state index contributed by atoms with van der Waals surface area (Å²) in [5.41, 5.74) is 30.7. The number of hydrogen-bond acceptors (Lipinski definition) is 2. The third-order valence-corrected chi connectivity index (χ3v) is 19.7. The molecule has 0 aliphatic carbocycles. The molecule has 15 rings (SSSR count). The number of aromatic nitrogens is 7. The smallest absolute Gasteiger partial charge is 0.231 e. The molecular weight excluding hydrogens is 1230 g/mol. The van der Waals surface area contributed by atoms with Gasteiger partial charge in [0.25, 0.3) is 0 Å². The minimum Gasteiger partial charge on any atom is -0.264 e. The lowest BCUT2D eigenvalue weighted by Gasteiger charge is -2.11. The summed E-state index contributed by atoms with van der Waals surface area (Å²) in [5.74, 6) is 1.86. The van der Waals surface area contributed by atoms with Gasteiger partial charge in [-0.1, -0.05) is 169 Å². The number of benzene rings is 8. The zero-order chi connectivity index (χ0) is 71.4. The number of fused-ring (bicyclic) bond motifs is 5. The summed E-state index contributed by atoms with van der Waals surface area (Å²) >= 11 is 0. The van der Waals surface area contributed by atoms with E-state index in [2.05, 4.69) is 399 Å². The number of rotatable bonds is 10. The first-order valence-corrected chi connectivity index (χ1v) is 35.8. The lowest BCUT2D eigenvalue weighted by molar-refractivity contribution is -0.633. The topological polar surface area (TPSA) is 45.2 Å². The van der Waals surface area contributed by atoms with Crippen LogP contribution in [-0.4, -0.2) is 9.97 Å². The fourth-order valence-corrected chi connectivity index (χ4v) is 14.2. The largest absolute Gasteiger partial charge is 0.264 e. The molecule has 0 aliphatic heterocycles. The molecule has 0 N–H and O–H groups in total. The summed E-state index contributed by atoms with van der Waals surface area (Å²) in [4.78, 5) is 8.79. The normalized spacial score (nSPS) is 11.1. The fourth-order valence-electron chi connectivity index (χ4n) is 14.2. The van der Waals surface area contributed by atoms with Crippen LogP contribution in [-0.2, 0) is 48.1 Å². The van der Waals surface area contributed by atoms with E-state index in [1.165, 1.54) is 145 Å². The maximum atomic E-state index is 4.63. The van der Waals surface area contributed by atoms with Crippen LogP contribution in [0.1, 0.15) is 92.0 Å². The Morgan fingerprint density at radius 1 is 0.307 bits per heavy atom. The first-order valence-electron chi connectivity index (χ1n) is 35.8. The molecule has 0 bridgehead atoms. The highest BCUT2D eigenvalue weighted by Crippen LogP contribution is 2.30. The summed E-state index contributed by atoms with van der Waals surface area (Å²) in [6.45, 7) is 24.4. The van der Waals surface area contributed by atoms with Gasteiger partial charge in [0.15, 0.2) is 0 Å². The second-order valence-corrected chi connectivity index (χ2v) is 28.2. The van der Waals surface area contributed by atoms with Gasteiger partial charge in [0, 0.05) is 123 Å². The molecule has 7 heteroatoms. The lowest BCUT2D eigenvalue weighted by Crippen LogP contribution is -2.32. The van der Waals surface area contributed by atoms with Crippen LogP contribution in [0, 0.1) is 46.5 Å². The molecule has 0 unspecified atom stereocenters. The Bertz CT molecular complexity index is 5240. The fraction of sp³-hybridized carbons (Fsp3) is 0.223. The van der Waals surface area contributed by atoms with Crippen molar-refractivity contribution in [1.29, 1.82) is 0 Å². The second-order valence-electron chi connectivity index (χ2n) is 28.2. The van der Waals surface area contributed by atoms with Gasteiger partial charge >= 0.3 is 0 Å². The quantitative estimate of drug-likeness (QED) is 0.128. The highest BCUT2D eigenvalue weighted by molar-refractivity contribution is 5.84. The van der Waals surface area contributed by atoms with E-state index >= 15 is 0 Å². The van der Waals surface area contributed by atoms with Gasteiger partial charge in [-0.2, -0.15) is 22.8 Å². The average molecular weight is 1330 g/mol. The Morgan fingerprint density at radius 2 is 0.683 bits per heavy atom. The highest BCUT2D eigenvalue weighted by Gasteiger charge is 2.22. The van der Waals surface area contributed by atoms with Crippen molar-refractivity contribution < 1.29 is 22.8 Å². The SMILES string of the molecule is Cc1ccccc1-c1ccc2c(C(C)C)cccc2[n+]1C.Cc1ccccc1-c1ccc2c(CC(C)C)cccc2[n+]1C.Cc1ccccc1-c1ccc2ccccc2[n+]1C.Cc1ccccc1-c1ccc2cnccc2[n+]1C.Cc1ccccc1-c1ccc2ncc(CC(C)C)cc2[n+]1C. The van der Waals surface area contributed by atoms with E-state index in [-0.39, 0.29) is 0 Å². The van der Waals surface area contributed by atoms with Gasteiger partial charge in [0.1, 0.15) is 40.8 Å². The van der Waals surface area contributed by atoms with E-state index in [9.17, 15) is 0 Å². The molecule has 15 aromatic rings. The van der Waals surface area contributed by atoms with Crippen LogP contribution in [0.15, 0.2) is 273 Å². The third kappa shape index (κ3) is 16.2. The summed E-state index contributed by atoms with van der Waals surface area (Å²) in [6.07, 6.45) is 7.94. The minimum atomic E-state index is 0.540. The van der Waals surface area contributed by atoms with Crippen LogP contribution in [0.5, 0.6) is 0 Å². The molecule has 101 heavy (non-hydrogen) atoms. The van der Waals surface area contributed by atoms with E-state index in [0.29, 0.717) is 17.8 Å². The zero-order valence-electron chi connectivity index (χ0n) is 62.3. The Hall–Kier alpha value is -10.9. The molecule has 7 heterocycles. The standard InChI is InChI=1S/C21H24N.C20H23N2.C20H22N.C17H16N.C16H15N2/c1-15(2)14-17-9-7-11-20-19(17)12-13-21(22(20)4)18-10-6-5-8-16(18)3;1-14(2)11-16-12-20-18(21-13-16)9-10-19(22(20)4)17-8-6-5-7-15(17)3;1-14(2)16-10-7-11-19-18(16)12-13-20(21(19)4)17-9-6-5-8-15(17)3;1-13-7-3-5-9-15(13)17-12-11-14-8-4-6-10-16(14)18(17)2;1-12-5-3-4-6-14(12)16-8-7-13-11-17-10-9-15(13)18(16)2/h5-13,15H,14H2,1-4H3;5-10,12-14H,11H2,1-4H3;5-14H,1-4H3;3-12H,1-2H3;3-11H,1-2H3/q5*+1. The van der Waals surface area contributed by atoms with Crippen molar-refractivity contribution in [2.75, 3.05) is 0 Å². The number of para-hydroxylation sites is 1. The number of nitrogens with zero attached hydrogens (tertiary/aromatic N) is 7. The van der Waals surface area contributed by atoms with E-state index in [1.807, 2.05) is 18.6 Å². The van der Waals surface area contributed by atoms with Gasteiger partial charge in [-0.15, -0.1) is 0 Å². The molecule has 0 fully saturated rings. The lowest BCUT2D eigenvalue weighted by atomic mass is 9.96. The molecule has 0 spiro atoms. The molecule has 0 atom stereocenters. The molecule has 0 amide bonds. The molecule has 7 aromatic heterocycles. The van der Waals surface area contributed by atoms with Crippen molar-refractivity contribution in [1.82, 2.24) is 9.97 Å². The van der Waals surface area contributed by atoms with Gasteiger partial charge < -0.3 is 0 Å².